The summed E-state index contributed by atoms with van der Waals surface area (Å²) in [6.45, 7) is 3.98. The lowest BCUT2D eigenvalue weighted by molar-refractivity contribution is -0.129. The zero-order valence-electron chi connectivity index (χ0n) is 17.8. The van der Waals surface area contributed by atoms with Gasteiger partial charge in [-0.3, -0.25) is 14.5 Å². The molecular formula is C23H31Cl2N3O3. The maximum absolute atomic E-state index is 13.2. The molecule has 0 spiro atoms. The first-order valence-electron chi connectivity index (χ1n) is 11.4. The van der Waals surface area contributed by atoms with Crippen molar-refractivity contribution >= 4 is 35.0 Å². The maximum atomic E-state index is 13.2. The number of piperazine rings is 1. The van der Waals surface area contributed by atoms with E-state index in [4.69, 9.17) is 27.9 Å². The first-order valence-corrected chi connectivity index (χ1v) is 12.2. The second-order valence-corrected chi connectivity index (χ2v) is 9.64. The molecule has 1 aromatic carbocycles. The summed E-state index contributed by atoms with van der Waals surface area (Å²) >= 11 is 12.1. The standard InChI is InChI=1S/C23H31Cl2N3O3/c24-19-8-7-17(14-20(19)25)23(30)28-11-9-27(10-12-28)21(16-4-1-2-5-16)22(29)26-15-18-6-3-13-31-18/h7-8,14,16,18,21H,1-6,9-13,15H2,(H,26,29). The van der Waals surface area contributed by atoms with Gasteiger partial charge < -0.3 is 15.0 Å². The topological polar surface area (TPSA) is 61.9 Å². The molecule has 31 heavy (non-hydrogen) atoms. The first-order chi connectivity index (χ1) is 15.0. The molecule has 3 aliphatic rings. The number of benzene rings is 1. The Balaban J connectivity index is 1.36. The van der Waals surface area contributed by atoms with Crippen molar-refractivity contribution < 1.29 is 14.3 Å². The van der Waals surface area contributed by atoms with E-state index in [1.165, 1.54) is 12.8 Å². The highest BCUT2D eigenvalue weighted by atomic mass is 35.5. The van der Waals surface area contributed by atoms with E-state index in [9.17, 15) is 9.59 Å². The predicted octanol–water partition coefficient (Wildman–Crippen LogP) is 3.61. The van der Waals surface area contributed by atoms with E-state index in [2.05, 4.69) is 10.2 Å². The molecule has 0 aromatic heterocycles. The number of rotatable bonds is 6. The van der Waals surface area contributed by atoms with Crippen LogP contribution in [0.25, 0.3) is 0 Å². The Morgan fingerprint density at radius 3 is 2.42 bits per heavy atom. The van der Waals surface area contributed by atoms with Gasteiger partial charge in [0.25, 0.3) is 5.91 Å². The number of nitrogens with zero attached hydrogens (tertiary/aromatic N) is 2. The number of nitrogens with one attached hydrogen (secondary N) is 1. The van der Waals surface area contributed by atoms with Crippen molar-refractivity contribution in [2.75, 3.05) is 39.3 Å². The lowest BCUT2D eigenvalue weighted by Gasteiger charge is -2.41. The number of carbonyl (C=O) groups is 2. The molecule has 2 atom stereocenters. The molecule has 1 saturated carbocycles. The van der Waals surface area contributed by atoms with Crippen LogP contribution in [-0.4, -0.2) is 73.1 Å². The van der Waals surface area contributed by atoms with Crippen LogP contribution in [0.5, 0.6) is 0 Å². The van der Waals surface area contributed by atoms with Crippen LogP contribution in [0, 0.1) is 5.92 Å². The quantitative estimate of drug-likeness (QED) is 0.693. The third kappa shape index (κ3) is 5.54. The van der Waals surface area contributed by atoms with Crippen molar-refractivity contribution in [3.8, 4) is 0 Å². The monoisotopic (exact) mass is 467 g/mol. The van der Waals surface area contributed by atoms with Gasteiger partial charge in [0.05, 0.1) is 22.2 Å². The molecule has 3 fully saturated rings. The van der Waals surface area contributed by atoms with Crippen molar-refractivity contribution in [2.45, 2.75) is 50.7 Å². The molecule has 6 nitrogen and oxygen atoms in total. The van der Waals surface area contributed by atoms with Gasteiger partial charge in [0.15, 0.2) is 0 Å². The molecule has 4 rings (SSSR count). The predicted molar refractivity (Wildman–Crippen MR) is 122 cm³/mol. The van der Waals surface area contributed by atoms with E-state index < -0.39 is 0 Å². The normalized spacial score (nSPS) is 23.8. The van der Waals surface area contributed by atoms with Gasteiger partial charge in [-0.05, 0) is 49.8 Å². The van der Waals surface area contributed by atoms with E-state index in [1.807, 2.05) is 4.90 Å². The van der Waals surface area contributed by atoms with Gasteiger partial charge in [-0.1, -0.05) is 36.0 Å². The first kappa shape index (κ1) is 22.8. The lowest BCUT2D eigenvalue weighted by Crippen LogP contribution is -2.58. The molecule has 1 N–H and O–H groups in total. The summed E-state index contributed by atoms with van der Waals surface area (Å²) in [6.07, 6.45) is 6.81. The summed E-state index contributed by atoms with van der Waals surface area (Å²) in [5.74, 6) is 0.465. The molecule has 8 heteroatoms. The zero-order chi connectivity index (χ0) is 21.8. The molecular weight excluding hydrogens is 437 g/mol. The number of halogens is 2. The maximum Gasteiger partial charge on any atom is 0.253 e. The molecule has 2 aliphatic heterocycles. The summed E-state index contributed by atoms with van der Waals surface area (Å²) in [5.41, 5.74) is 0.546. The van der Waals surface area contributed by atoms with Crippen LogP contribution in [0.1, 0.15) is 48.9 Å². The van der Waals surface area contributed by atoms with Gasteiger partial charge >= 0.3 is 0 Å². The highest BCUT2D eigenvalue weighted by Crippen LogP contribution is 2.31. The van der Waals surface area contributed by atoms with Crippen LogP contribution < -0.4 is 5.32 Å². The Labute approximate surface area is 194 Å². The molecule has 2 heterocycles. The summed E-state index contributed by atoms with van der Waals surface area (Å²) in [5, 5.41) is 3.98. The van der Waals surface area contributed by atoms with Crippen LogP contribution in [0.15, 0.2) is 18.2 Å². The fourth-order valence-electron chi connectivity index (χ4n) is 5.09. The Kier molecular flexibility index (Phi) is 7.75. The van der Waals surface area contributed by atoms with Crippen LogP contribution >= 0.6 is 23.2 Å². The minimum absolute atomic E-state index is 0.0431. The molecule has 2 saturated heterocycles. The van der Waals surface area contributed by atoms with Gasteiger partial charge in [0.1, 0.15) is 0 Å². The van der Waals surface area contributed by atoms with Gasteiger partial charge in [0, 0.05) is 44.9 Å². The van der Waals surface area contributed by atoms with E-state index in [1.54, 1.807) is 18.2 Å². The molecule has 0 radical (unpaired) electrons. The molecule has 2 amide bonds. The minimum Gasteiger partial charge on any atom is -0.376 e. The van der Waals surface area contributed by atoms with Crippen molar-refractivity contribution in [2.24, 2.45) is 5.92 Å². The summed E-state index contributed by atoms with van der Waals surface area (Å²) in [7, 11) is 0. The number of hydrogen-bond acceptors (Lipinski definition) is 4. The molecule has 0 bridgehead atoms. The van der Waals surface area contributed by atoms with E-state index in [0.29, 0.717) is 54.3 Å². The number of ether oxygens (including phenoxy) is 1. The molecule has 170 valence electrons. The fraction of sp³-hybridized carbons (Fsp3) is 0.652. The Morgan fingerprint density at radius 1 is 1.03 bits per heavy atom. The highest BCUT2D eigenvalue weighted by molar-refractivity contribution is 6.42. The van der Waals surface area contributed by atoms with Gasteiger partial charge in [-0.15, -0.1) is 0 Å². The summed E-state index contributed by atoms with van der Waals surface area (Å²) < 4.78 is 5.66. The largest absolute Gasteiger partial charge is 0.376 e. The van der Waals surface area contributed by atoms with Crippen LogP contribution in [0.4, 0.5) is 0 Å². The minimum atomic E-state index is -0.119. The van der Waals surface area contributed by atoms with Crippen molar-refractivity contribution in [3.05, 3.63) is 33.8 Å². The summed E-state index contributed by atoms with van der Waals surface area (Å²) in [6, 6.07) is 4.87. The van der Waals surface area contributed by atoms with E-state index >= 15 is 0 Å². The second-order valence-electron chi connectivity index (χ2n) is 8.83. The average molecular weight is 468 g/mol. The van der Waals surface area contributed by atoms with Crippen molar-refractivity contribution in [1.82, 2.24) is 15.1 Å². The lowest BCUT2D eigenvalue weighted by atomic mass is 9.94. The molecule has 2 unspecified atom stereocenters. The average Bonchev–Trinajstić information content (AvgIpc) is 3.49. The second kappa shape index (κ2) is 10.5. The highest BCUT2D eigenvalue weighted by Gasteiger charge is 2.37. The Hall–Kier alpha value is -1.34. The Bertz CT molecular complexity index is 786. The van der Waals surface area contributed by atoms with Crippen LogP contribution in [-0.2, 0) is 9.53 Å². The van der Waals surface area contributed by atoms with Crippen molar-refractivity contribution in [3.63, 3.8) is 0 Å². The van der Waals surface area contributed by atoms with Gasteiger partial charge in [0.2, 0.25) is 5.91 Å². The van der Waals surface area contributed by atoms with Crippen molar-refractivity contribution in [1.29, 1.82) is 0 Å². The third-order valence-corrected chi connectivity index (χ3v) is 7.54. The van der Waals surface area contributed by atoms with E-state index in [0.717, 1.165) is 32.3 Å². The van der Waals surface area contributed by atoms with Crippen LogP contribution in [0.3, 0.4) is 0 Å². The number of carbonyl (C=O) groups excluding carboxylic acids is 2. The smallest absolute Gasteiger partial charge is 0.253 e. The summed E-state index contributed by atoms with van der Waals surface area (Å²) in [4.78, 5) is 30.2. The van der Waals surface area contributed by atoms with Gasteiger partial charge in [-0.25, -0.2) is 0 Å². The van der Waals surface area contributed by atoms with Crippen LogP contribution in [0.2, 0.25) is 10.0 Å². The van der Waals surface area contributed by atoms with Gasteiger partial charge in [-0.2, -0.15) is 0 Å². The zero-order valence-corrected chi connectivity index (χ0v) is 19.3. The molecule has 1 aliphatic carbocycles. The number of hydrogen-bond donors (Lipinski definition) is 1. The SMILES string of the molecule is O=C(NCC1CCCO1)C(C1CCCC1)N1CCN(C(=O)c2ccc(Cl)c(Cl)c2)CC1. The number of amides is 2. The Morgan fingerprint density at radius 2 is 1.77 bits per heavy atom. The van der Waals surface area contributed by atoms with E-state index in [-0.39, 0.29) is 24.0 Å². The molecule has 1 aromatic rings. The third-order valence-electron chi connectivity index (χ3n) is 6.80. The fourth-order valence-corrected chi connectivity index (χ4v) is 5.39.